The van der Waals surface area contributed by atoms with Gasteiger partial charge >= 0.3 is 5.97 Å². The van der Waals surface area contributed by atoms with Crippen LogP contribution in [0.2, 0.25) is 0 Å². The number of rotatable bonds is 5. The number of aromatic amines is 1. The van der Waals surface area contributed by atoms with Crippen LogP contribution in [0.4, 0.5) is 5.69 Å². The number of nitrogens with zero attached hydrogens (tertiary/aromatic N) is 2. The molecular weight excluding hydrogens is 378 g/mol. The van der Waals surface area contributed by atoms with Gasteiger partial charge in [0.15, 0.2) is 0 Å². The van der Waals surface area contributed by atoms with E-state index >= 15 is 0 Å². The number of pyridine rings is 1. The molecule has 1 saturated carbocycles. The van der Waals surface area contributed by atoms with Gasteiger partial charge in [-0.25, -0.2) is 4.79 Å². The van der Waals surface area contributed by atoms with Gasteiger partial charge in [-0.3, -0.25) is 4.79 Å². The van der Waals surface area contributed by atoms with Crippen molar-refractivity contribution < 1.29 is 9.90 Å². The number of hydrogen-bond acceptors (Lipinski definition) is 4. The molecule has 0 unspecified atom stereocenters. The molecule has 3 atom stereocenters. The molecule has 1 aromatic heterocycles. The van der Waals surface area contributed by atoms with Crippen LogP contribution in [0, 0.1) is 11.8 Å². The van der Waals surface area contributed by atoms with Crippen LogP contribution in [0.15, 0.2) is 35.1 Å². The second-order valence-corrected chi connectivity index (χ2v) is 8.91. The third-order valence-electron chi connectivity index (χ3n) is 6.98. The van der Waals surface area contributed by atoms with Crippen molar-refractivity contribution in [1.82, 2.24) is 9.88 Å². The molecule has 160 valence electrons. The van der Waals surface area contributed by atoms with Gasteiger partial charge in [0.2, 0.25) is 0 Å². The molecule has 1 aliphatic heterocycles. The number of aryl methyl sites for hydroxylation is 1. The maximum atomic E-state index is 12.2. The lowest BCUT2D eigenvalue weighted by Crippen LogP contribution is -2.41. The summed E-state index contributed by atoms with van der Waals surface area (Å²) in [7, 11) is 4.40. The topological polar surface area (TPSA) is 76.6 Å². The van der Waals surface area contributed by atoms with Crippen molar-refractivity contribution in [2.75, 3.05) is 32.1 Å². The summed E-state index contributed by atoms with van der Waals surface area (Å²) < 4.78 is 0. The first-order valence-electron chi connectivity index (χ1n) is 10.9. The number of carbonyl (C=O) groups is 1. The molecule has 2 aliphatic rings. The minimum Gasteiger partial charge on any atom is -0.477 e. The van der Waals surface area contributed by atoms with Gasteiger partial charge in [-0.1, -0.05) is 25.5 Å². The lowest BCUT2D eigenvalue weighted by molar-refractivity contribution is 0.0695. The maximum Gasteiger partial charge on any atom is 0.341 e. The van der Waals surface area contributed by atoms with Gasteiger partial charge in [0.25, 0.3) is 5.56 Å². The molecule has 2 aromatic rings. The normalized spacial score (nSPS) is 23.6. The van der Waals surface area contributed by atoms with Gasteiger partial charge in [-0.05, 0) is 74.5 Å². The number of fused-ring (bicyclic) bond motifs is 1. The second-order valence-electron chi connectivity index (χ2n) is 8.91. The summed E-state index contributed by atoms with van der Waals surface area (Å²) in [4.78, 5) is 31.1. The minimum atomic E-state index is -1.20. The van der Waals surface area contributed by atoms with Gasteiger partial charge in [-0.15, -0.1) is 0 Å². The Morgan fingerprint density at radius 2 is 1.93 bits per heavy atom. The average Bonchev–Trinajstić information content (AvgIpc) is 3.17. The molecule has 6 nitrogen and oxygen atoms in total. The van der Waals surface area contributed by atoms with Crippen molar-refractivity contribution in [2.24, 2.45) is 11.8 Å². The molecule has 2 heterocycles. The Bertz CT molecular complexity index is 980. The van der Waals surface area contributed by atoms with Crippen LogP contribution in [0.1, 0.15) is 42.1 Å². The minimum absolute atomic E-state index is 0.206. The smallest absolute Gasteiger partial charge is 0.341 e. The highest BCUT2D eigenvalue weighted by molar-refractivity contribution is 5.88. The van der Waals surface area contributed by atoms with E-state index in [1.165, 1.54) is 31.0 Å². The lowest BCUT2D eigenvalue weighted by Gasteiger charge is -2.37. The van der Waals surface area contributed by atoms with Crippen LogP contribution < -0.4 is 10.5 Å². The van der Waals surface area contributed by atoms with E-state index in [-0.39, 0.29) is 5.56 Å². The Balaban J connectivity index is 1.58. The SMILES string of the molecule is CCc1cc(C(=O)O)c(=O)[nH]c1-c1ccc(N2C[C@H]3CCC[C@@H](N(C)C)[C@H]3C2)cc1. The summed E-state index contributed by atoms with van der Waals surface area (Å²) in [5.41, 5.74) is 2.91. The van der Waals surface area contributed by atoms with E-state index in [0.29, 0.717) is 18.2 Å². The number of aromatic nitrogens is 1. The summed E-state index contributed by atoms with van der Waals surface area (Å²) in [6.07, 6.45) is 4.58. The summed E-state index contributed by atoms with van der Waals surface area (Å²) >= 11 is 0. The molecule has 1 aliphatic carbocycles. The van der Waals surface area contributed by atoms with Crippen LogP contribution in [0.5, 0.6) is 0 Å². The van der Waals surface area contributed by atoms with E-state index in [9.17, 15) is 14.7 Å². The number of carboxylic acids is 1. The van der Waals surface area contributed by atoms with Crippen molar-refractivity contribution in [3.8, 4) is 11.3 Å². The number of hydrogen-bond donors (Lipinski definition) is 2. The Labute approximate surface area is 177 Å². The molecule has 30 heavy (non-hydrogen) atoms. The van der Waals surface area contributed by atoms with Crippen LogP contribution >= 0.6 is 0 Å². The van der Waals surface area contributed by atoms with Gasteiger partial charge < -0.3 is 19.9 Å². The van der Waals surface area contributed by atoms with Crippen LogP contribution in [-0.4, -0.2) is 54.2 Å². The van der Waals surface area contributed by atoms with Crippen molar-refractivity contribution in [3.05, 3.63) is 51.8 Å². The fourth-order valence-electron chi connectivity index (χ4n) is 5.40. The zero-order valence-electron chi connectivity index (χ0n) is 18.0. The average molecular weight is 410 g/mol. The largest absolute Gasteiger partial charge is 0.477 e. The second kappa shape index (κ2) is 8.26. The van der Waals surface area contributed by atoms with E-state index in [2.05, 4.69) is 41.0 Å². The fraction of sp³-hybridized carbons (Fsp3) is 0.500. The summed E-state index contributed by atoms with van der Waals surface area (Å²) in [6, 6.07) is 10.5. The van der Waals surface area contributed by atoms with Gasteiger partial charge in [0, 0.05) is 24.8 Å². The molecule has 4 rings (SSSR count). The number of benzene rings is 1. The van der Waals surface area contributed by atoms with Crippen molar-refractivity contribution >= 4 is 11.7 Å². The predicted molar refractivity (Wildman–Crippen MR) is 119 cm³/mol. The molecule has 0 spiro atoms. The van der Waals surface area contributed by atoms with E-state index in [1.54, 1.807) is 0 Å². The Morgan fingerprint density at radius 1 is 1.20 bits per heavy atom. The quantitative estimate of drug-likeness (QED) is 0.791. The maximum absolute atomic E-state index is 12.2. The highest BCUT2D eigenvalue weighted by atomic mass is 16.4. The highest BCUT2D eigenvalue weighted by Crippen LogP contribution is 2.40. The van der Waals surface area contributed by atoms with E-state index < -0.39 is 11.5 Å². The standard InChI is InChI=1S/C24H31N3O3/c1-4-15-12-19(24(29)30)23(28)25-22(15)16-8-10-18(11-9-16)27-13-17-6-5-7-21(26(2)3)20(17)14-27/h8-12,17,20-21H,4-7,13-14H2,1-3H3,(H,25,28)(H,29,30)/t17-,20+,21-/m1/s1. The van der Waals surface area contributed by atoms with E-state index in [4.69, 9.17) is 0 Å². The van der Waals surface area contributed by atoms with Crippen LogP contribution in [0.25, 0.3) is 11.3 Å². The summed E-state index contributed by atoms with van der Waals surface area (Å²) in [5, 5.41) is 9.22. The molecule has 0 radical (unpaired) electrons. The Morgan fingerprint density at radius 3 is 2.57 bits per heavy atom. The van der Waals surface area contributed by atoms with Crippen molar-refractivity contribution in [2.45, 2.75) is 38.6 Å². The molecule has 2 fully saturated rings. The first-order chi connectivity index (χ1) is 14.4. The van der Waals surface area contributed by atoms with E-state index in [1.807, 2.05) is 19.1 Å². The highest BCUT2D eigenvalue weighted by Gasteiger charge is 2.41. The number of aromatic carboxylic acids is 1. The van der Waals surface area contributed by atoms with Crippen molar-refractivity contribution in [3.63, 3.8) is 0 Å². The Kier molecular flexibility index (Phi) is 5.69. The van der Waals surface area contributed by atoms with Gasteiger partial charge in [-0.2, -0.15) is 0 Å². The van der Waals surface area contributed by atoms with E-state index in [0.717, 1.165) is 36.1 Å². The predicted octanol–water partition coefficient (Wildman–Crippen LogP) is 3.47. The zero-order valence-corrected chi connectivity index (χ0v) is 18.0. The summed E-state index contributed by atoms with van der Waals surface area (Å²) in [6.45, 7) is 4.17. The zero-order chi connectivity index (χ0) is 21.4. The third kappa shape index (κ3) is 3.76. The lowest BCUT2D eigenvalue weighted by atomic mass is 9.77. The summed E-state index contributed by atoms with van der Waals surface area (Å²) in [5.74, 6) is 0.289. The number of H-pyrrole nitrogens is 1. The number of nitrogens with one attached hydrogen (secondary N) is 1. The molecule has 0 bridgehead atoms. The molecule has 1 aromatic carbocycles. The fourth-order valence-corrected chi connectivity index (χ4v) is 5.40. The molecular formula is C24H31N3O3. The Hall–Kier alpha value is -2.60. The third-order valence-corrected chi connectivity index (χ3v) is 6.98. The van der Waals surface area contributed by atoms with Crippen LogP contribution in [0.3, 0.4) is 0 Å². The molecule has 2 N–H and O–H groups in total. The van der Waals surface area contributed by atoms with Gasteiger partial charge in [0.1, 0.15) is 5.56 Å². The first kappa shape index (κ1) is 20.7. The number of carboxylic acid groups (broad SMARTS) is 1. The number of anilines is 1. The van der Waals surface area contributed by atoms with Crippen LogP contribution in [-0.2, 0) is 6.42 Å². The molecule has 6 heteroatoms. The molecule has 0 amide bonds. The first-order valence-corrected chi connectivity index (χ1v) is 10.9. The van der Waals surface area contributed by atoms with Crippen molar-refractivity contribution in [1.29, 1.82) is 0 Å². The monoisotopic (exact) mass is 409 g/mol. The molecule has 1 saturated heterocycles. The van der Waals surface area contributed by atoms with Gasteiger partial charge in [0.05, 0.1) is 5.69 Å².